The van der Waals surface area contributed by atoms with E-state index >= 15 is 0 Å². The summed E-state index contributed by atoms with van der Waals surface area (Å²) < 4.78 is 10.4. The molecule has 0 bridgehead atoms. The van der Waals surface area contributed by atoms with Gasteiger partial charge in [-0.25, -0.2) is 0 Å². The third-order valence-corrected chi connectivity index (χ3v) is 1.98. The Morgan fingerprint density at radius 2 is 1.81 bits per heavy atom. The topological polar surface area (TPSA) is 30.8 Å². The molecule has 0 fully saturated rings. The fourth-order valence-corrected chi connectivity index (χ4v) is 1.15. The summed E-state index contributed by atoms with van der Waals surface area (Å²) in [7, 11) is 3.26. The maximum absolute atomic E-state index is 5.26. The summed E-state index contributed by atoms with van der Waals surface area (Å²) in [5.41, 5.74) is 0.878. The normalized spacial score (nSPS) is 11.8. The average Bonchev–Trinajstić information content (AvgIpc) is 2.25. The van der Waals surface area contributed by atoms with E-state index in [9.17, 15) is 0 Å². The first-order chi connectivity index (χ1) is 7.46. The number of ether oxygens (including phenoxy) is 2. The zero-order chi connectivity index (χ0) is 12.2. The van der Waals surface area contributed by atoms with Crippen molar-refractivity contribution in [1.82, 2.24) is 0 Å². The molecule has 0 unspecified atom stereocenters. The van der Waals surface area contributed by atoms with E-state index in [4.69, 9.17) is 9.47 Å². The van der Waals surface area contributed by atoms with Crippen molar-refractivity contribution in [2.24, 2.45) is 10.4 Å². The van der Waals surface area contributed by atoms with Crippen LogP contribution in [0.2, 0.25) is 0 Å². The molecule has 1 rings (SSSR count). The minimum absolute atomic E-state index is 0.0605. The molecule has 0 radical (unpaired) electrons. The van der Waals surface area contributed by atoms with E-state index < -0.39 is 0 Å². The summed E-state index contributed by atoms with van der Waals surface area (Å²) in [6, 6.07) is 5.59. The Balaban J connectivity index is 3.00. The van der Waals surface area contributed by atoms with Crippen LogP contribution < -0.4 is 9.47 Å². The van der Waals surface area contributed by atoms with Crippen LogP contribution in [0.1, 0.15) is 20.8 Å². The van der Waals surface area contributed by atoms with Crippen molar-refractivity contribution < 1.29 is 9.47 Å². The zero-order valence-corrected chi connectivity index (χ0v) is 10.6. The van der Waals surface area contributed by atoms with Crippen LogP contribution >= 0.6 is 0 Å². The first kappa shape index (κ1) is 12.6. The van der Waals surface area contributed by atoms with Gasteiger partial charge in [0.2, 0.25) is 0 Å². The monoisotopic (exact) mass is 221 g/mol. The van der Waals surface area contributed by atoms with Crippen molar-refractivity contribution in [3.8, 4) is 11.5 Å². The Morgan fingerprint density at radius 3 is 2.31 bits per heavy atom. The van der Waals surface area contributed by atoms with Gasteiger partial charge in [-0.15, -0.1) is 0 Å². The third kappa shape index (κ3) is 3.57. The van der Waals surface area contributed by atoms with Crippen LogP contribution in [-0.2, 0) is 0 Å². The summed E-state index contributed by atoms with van der Waals surface area (Å²) in [5.74, 6) is 1.49. The maximum Gasteiger partial charge on any atom is 0.148 e. The molecule has 1 aromatic rings. The smallest absolute Gasteiger partial charge is 0.148 e. The number of hydrogen-bond acceptors (Lipinski definition) is 3. The van der Waals surface area contributed by atoms with E-state index in [0.29, 0.717) is 0 Å². The number of rotatable bonds is 3. The van der Waals surface area contributed by atoms with Crippen LogP contribution in [0.3, 0.4) is 0 Å². The Bertz CT molecular complexity index is 378. The first-order valence-electron chi connectivity index (χ1n) is 5.23. The molecule has 3 heteroatoms. The van der Waals surface area contributed by atoms with E-state index in [1.165, 1.54) is 0 Å². The average molecular weight is 221 g/mol. The highest BCUT2D eigenvalue weighted by atomic mass is 16.5. The number of aliphatic imine (C=N–C) groups is 1. The number of benzene rings is 1. The standard InChI is InChI=1S/C13H19NO2/c1-13(2,3)9-14-11-7-6-10(15-4)8-12(11)16-5/h6-9H,1-5H3. The van der Waals surface area contributed by atoms with Crippen molar-refractivity contribution >= 4 is 11.9 Å². The van der Waals surface area contributed by atoms with E-state index in [1.807, 2.05) is 24.4 Å². The van der Waals surface area contributed by atoms with Crippen molar-refractivity contribution in [1.29, 1.82) is 0 Å². The molecule has 0 aliphatic rings. The van der Waals surface area contributed by atoms with Gasteiger partial charge in [-0.2, -0.15) is 0 Å². The number of hydrogen-bond donors (Lipinski definition) is 0. The molecule has 0 heterocycles. The lowest BCUT2D eigenvalue weighted by molar-refractivity contribution is 0.395. The second-order valence-electron chi connectivity index (χ2n) is 4.66. The van der Waals surface area contributed by atoms with Crippen LogP contribution in [0.15, 0.2) is 23.2 Å². The molecule has 0 N–H and O–H groups in total. The lowest BCUT2D eigenvalue weighted by atomic mass is 9.99. The molecule has 0 saturated carbocycles. The second kappa shape index (κ2) is 5.01. The summed E-state index contributed by atoms with van der Waals surface area (Å²) in [4.78, 5) is 4.42. The lowest BCUT2D eigenvalue weighted by Crippen LogP contribution is -2.05. The van der Waals surface area contributed by atoms with E-state index in [0.717, 1.165) is 17.2 Å². The van der Waals surface area contributed by atoms with E-state index in [-0.39, 0.29) is 5.41 Å². The maximum atomic E-state index is 5.26. The van der Waals surface area contributed by atoms with Crippen molar-refractivity contribution in [3.05, 3.63) is 18.2 Å². The van der Waals surface area contributed by atoms with Gasteiger partial charge in [0.15, 0.2) is 0 Å². The highest BCUT2D eigenvalue weighted by Crippen LogP contribution is 2.31. The predicted octanol–water partition coefficient (Wildman–Crippen LogP) is 3.45. The van der Waals surface area contributed by atoms with Gasteiger partial charge in [0.25, 0.3) is 0 Å². The molecule has 0 saturated heterocycles. The fraction of sp³-hybridized carbons (Fsp3) is 0.462. The van der Waals surface area contributed by atoms with Gasteiger partial charge in [-0.05, 0) is 17.5 Å². The van der Waals surface area contributed by atoms with Gasteiger partial charge in [0, 0.05) is 12.3 Å². The predicted molar refractivity (Wildman–Crippen MR) is 67.2 cm³/mol. The van der Waals surface area contributed by atoms with Crippen LogP contribution in [0.25, 0.3) is 0 Å². The molecule has 16 heavy (non-hydrogen) atoms. The van der Waals surface area contributed by atoms with Crippen LogP contribution in [0, 0.1) is 5.41 Å². The van der Waals surface area contributed by atoms with Crippen LogP contribution in [0.5, 0.6) is 11.5 Å². The largest absolute Gasteiger partial charge is 0.497 e. The molecule has 3 nitrogen and oxygen atoms in total. The van der Waals surface area contributed by atoms with Crippen molar-refractivity contribution in [2.75, 3.05) is 14.2 Å². The van der Waals surface area contributed by atoms with Gasteiger partial charge in [-0.3, -0.25) is 4.99 Å². The Labute approximate surface area is 97.1 Å². The molecule has 0 spiro atoms. The lowest BCUT2D eigenvalue weighted by Gasteiger charge is -2.11. The van der Waals surface area contributed by atoms with Crippen molar-refractivity contribution in [3.63, 3.8) is 0 Å². The van der Waals surface area contributed by atoms with Crippen LogP contribution in [-0.4, -0.2) is 20.4 Å². The Morgan fingerprint density at radius 1 is 1.12 bits per heavy atom. The van der Waals surface area contributed by atoms with Crippen LogP contribution in [0.4, 0.5) is 5.69 Å². The van der Waals surface area contributed by atoms with Gasteiger partial charge in [-0.1, -0.05) is 20.8 Å². The zero-order valence-electron chi connectivity index (χ0n) is 10.6. The highest BCUT2D eigenvalue weighted by Gasteiger charge is 2.07. The van der Waals surface area contributed by atoms with Gasteiger partial charge in [0.05, 0.1) is 14.2 Å². The first-order valence-corrected chi connectivity index (χ1v) is 5.23. The summed E-state index contributed by atoms with van der Waals surface area (Å²) >= 11 is 0. The second-order valence-corrected chi connectivity index (χ2v) is 4.66. The van der Waals surface area contributed by atoms with E-state index in [1.54, 1.807) is 14.2 Å². The number of methoxy groups -OCH3 is 2. The molecular weight excluding hydrogens is 202 g/mol. The highest BCUT2D eigenvalue weighted by molar-refractivity contribution is 5.71. The van der Waals surface area contributed by atoms with E-state index in [2.05, 4.69) is 25.8 Å². The molecule has 1 aromatic carbocycles. The fourth-order valence-electron chi connectivity index (χ4n) is 1.15. The molecule has 0 atom stereocenters. The van der Waals surface area contributed by atoms with Gasteiger partial charge >= 0.3 is 0 Å². The van der Waals surface area contributed by atoms with Gasteiger partial charge in [0.1, 0.15) is 17.2 Å². The summed E-state index contributed by atoms with van der Waals surface area (Å²) in [6.07, 6.45) is 1.91. The Kier molecular flexibility index (Phi) is 3.93. The molecule has 0 aliphatic carbocycles. The van der Waals surface area contributed by atoms with Gasteiger partial charge < -0.3 is 9.47 Å². The molecule has 0 aromatic heterocycles. The minimum Gasteiger partial charge on any atom is -0.497 e. The van der Waals surface area contributed by atoms with Crippen molar-refractivity contribution in [2.45, 2.75) is 20.8 Å². The quantitative estimate of drug-likeness (QED) is 0.732. The molecule has 0 aliphatic heterocycles. The Hall–Kier alpha value is -1.51. The number of nitrogens with zero attached hydrogens (tertiary/aromatic N) is 1. The molecule has 0 amide bonds. The SMILES string of the molecule is COc1ccc(N=CC(C)(C)C)c(OC)c1. The summed E-state index contributed by atoms with van der Waals surface area (Å²) in [6.45, 7) is 6.31. The minimum atomic E-state index is 0.0605. The summed E-state index contributed by atoms with van der Waals surface area (Å²) in [5, 5.41) is 0. The molecular formula is C13H19NO2. The third-order valence-electron chi connectivity index (χ3n) is 1.98. The molecule has 88 valence electrons.